The van der Waals surface area contributed by atoms with Gasteiger partial charge in [0.2, 0.25) is 0 Å². The van der Waals surface area contributed by atoms with Crippen LogP contribution in [0, 0.1) is 0 Å². The molecule has 112 valence electrons. The second-order valence-corrected chi connectivity index (χ2v) is 8.43. The van der Waals surface area contributed by atoms with Crippen LogP contribution in [0.5, 0.6) is 11.5 Å². The SMILES string of the molecule is CC(C)(c1c(Br)ccc(O)c1Br)c1c(Br)ccc(O)c1Br. The summed E-state index contributed by atoms with van der Waals surface area (Å²) in [6.07, 6.45) is 0. The van der Waals surface area contributed by atoms with Crippen LogP contribution in [-0.2, 0) is 5.41 Å². The number of benzene rings is 2. The van der Waals surface area contributed by atoms with Gasteiger partial charge in [0.15, 0.2) is 0 Å². The Bertz CT molecular complexity index is 652. The van der Waals surface area contributed by atoms with E-state index in [0.717, 1.165) is 20.1 Å². The van der Waals surface area contributed by atoms with E-state index in [1.807, 2.05) is 26.0 Å². The van der Waals surface area contributed by atoms with Crippen LogP contribution in [-0.4, -0.2) is 10.2 Å². The first-order chi connectivity index (χ1) is 9.67. The zero-order chi connectivity index (χ0) is 15.9. The second-order valence-electron chi connectivity index (χ2n) is 5.14. The van der Waals surface area contributed by atoms with Crippen LogP contribution in [0.15, 0.2) is 42.2 Å². The number of hydrogen-bond donors (Lipinski definition) is 2. The number of phenolic OH excluding ortho intramolecular Hbond substituents is 2. The molecule has 0 saturated carbocycles. The van der Waals surface area contributed by atoms with Crippen LogP contribution >= 0.6 is 63.7 Å². The lowest BCUT2D eigenvalue weighted by Gasteiger charge is -2.31. The van der Waals surface area contributed by atoms with Gasteiger partial charge in [0.05, 0.1) is 8.95 Å². The van der Waals surface area contributed by atoms with Crippen LogP contribution < -0.4 is 0 Å². The first-order valence-corrected chi connectivity index (χ1v) is 9.20. The summed E-state index contributed by atoms with van der Waals surface area (Å²) in [5.74, 6) is 0.349. The molecule has 6 heteroatoms. The van der Waals surface area contributed by atoms with Gasteiger partial charge < -0.3 is 10.2 Å². The molecule has 2 nitrogen and oxygen atoms in total. The summed E-state index contributed by atoms with van der Waals surface area (Å²) in [7, 11) is 0. The number of rotatable bonds is 2. The fraction of sp³-hybridized carbons (Fsp3) is 0.200. The summed E-state index contributed by atoms with van der Waals surface area (Å²) < 4.78 is 3.01. The maximum atomic E-state index is 9.99. The first-order valence-electron chi connectivity index (χ1n) is 6.02. The molecular formula is C15H12Br4O2. The molecule has 0 bridgehead atoms. The van der Waals surface area contributed by atoms with Crippen molar-refractivity contribution in [3.05, 3.63) is 53.3 Å². The molecule has 2 aromatic rings. The van der Waals surface area contributed by atoms with Gasteiger partial charge in [0.1, 0.15) is 11.5 Å². The highest BCUT2D eigenvalue weighted by atomic mass is 79.9. The predicted molar refractivity (Wildman–Crippen MR) is 99.1 cm³/mol. The van der Waals surface area contributed by atoms with E-state index in [2.05, 4.69) is 63.7 Å². The van der Waals surface area contributed by atoms with Crippen molar-refractivity contribution in [2.45, 2.75) is 19.3 Å². The van der Waals surface area contributed by atoms with E-state index in [0.29, 0.717) is 8.95 Å². The van der Waals surface area contributed by atoms with Crippen molar-refractivity contribution in [1.82, 2.24) is 0 Å². The van der Waals surface area contributed by atoms with Crippen LogP contribution in [0.4, 0.5) is 0 Å². The van der Waals surface area contributed by atoms with Gasteiger partial charge in [-0.1, -0.05) is 45.7 Å². The van der Waals surface area contributed by atoms with E-state index in [9.17, 15) is 10.2 Å². The van der Waals surface area contributed by atoms with E-state index in [1.54, 1.807) is 12.1 Å². The standard InChI is InChI=1S/C15H12Br4O2/c1-15(2,11-7(16)3-5-9(20)13(11)18)12-8(17)4-6-10(21)14(12)19/h3-6,20-21H,1-2H3. The Morgan fingerprint density at radius 2 is 1.05 bits per heavy atom. The number of aromatic hydroxyl groups is 2. The topological polar surface area (TPSA) is 40.5 Å². The van der Waals surface area contributed by atoms with Crippen LogP contribution in [0.25, 0.3) is 0 Å². The minimum Gasteiger partial charge on any atom is -0.507 e. The molecule has 0 unspecified atom stereocenters. The molecule has 0 aliphatic heterocycles. The average Bonchev–Trinajstić information content (AvgIpc) is 2.39. The lowest BCUT2D eigenvalue weighted by atomic mass is 9.78. The molecule has 2 aromatic carbocycles. The number of halogens is 4. The quantitative estimate of drug-likeness (QED) is 0.456. The van der Waals surface area contributed by atoms with Gasteiger partial charge in [0, 0.05) is 14.4 Å². The lowest BCUT2D eigenvalue weighted by Crippen LogP contribution is -2.22. The van der Waals surface area contributed by atoms with Crippen molar-refractivity contribution in [2.75, 3.05) is 0 Å². The van der Waals surface area contributed by atoms with E-state index in [4.69, 9.17) is 0 Å². The van der Waals surface area contributed by atoms with E-state index in [1.165, 1.54) is 0 Å². The monoisotopic (exact) mass is 540 g/mol. The number of phenols is 2. The minimum absolute atomic E-state index is 0.175. The Labute approximate surface area is 157 Å². The Morgan fingerprint density at radius 1 is 0.714 bits per heavy atom. The molecule has 2 rings (SSSR count). The van der Waals surface area contributed by atoms with Crippen LogP contribution in [0.2, 0.25) is 0 Å². The average molecular weight is 544 g/mol. The molecular weight excluding hydrogens is 532 g/mol. The summed E-state index contributed by atoms with van der Waals surface area (Å²) in [5, 5.41) is 20.0. The third-order valence-electron chi connectivity index (χ3n) is 3.39. The minimum atomic E-state index is -0.479. The number of hydrogen-bond acceptors (Lipinski definition) is 2. The summed E-state index contributed by atoms with van der Waals surface area (Å²) in [6.45, 7) is 4.06. The van der Waals surface area contributed by atoms with E-state index in [-0.39, 0.29) is 11.5 Å². The molecule has 21 heavy (non-hydrogen) atoms. The van der Waals surface area contributed by atoms with Gasteiger partial charge in [-0.2, -0.15) is 0 Å². The third-order valence-corrected chi connectivity index (χ3v) is 6.32. The zero-order valence-corrected chi connectivity index (χ0v) is 17.6. The van der Waals surface area contributed by atoms with Crippen molar-refractivity contribution in [3.63, 3.8) is 0 Å². The van der Waals surface area contributed by atoms with Crippen molar-refractivity contribution in [3.8, 4) is 11.5 Å². The Hall–Kier alpha value is -0.0400. The normalized spacial score (nSPS) is 11.7. The van der Waals surface area contributed by atoms with Gasteiger partial charge in [-0.25, -0.2) is 0 Å². The molecule has 0 amide bonds. The molecule has 0 aliphatic carbocycles. The van der Waals surface area contributed by atoms with Gasteiger partial charge in [-0.3, -0.25) is 0 Å². The second kappa shape index (κ2) is 6.22. The molecule has 0 radical (unpaired) electrons. The lowest BCUT2D eigenvalue weighted by molar-refractivity contribution is 0.464. The zero-order valence-electron chi connectivity index (χ0n) is 11.2. The molecule has 0 spiro atoms. The van der Waals surface area contributed by atoms with Gasteiger partial charge >= 0.3 is 0 Å². The van der Waals surface area contributed by atoms with E-state index >= 15 is 0 Å². The molecule has 0 fully saturated rings. The maximum Gasteiger partial charge on any atom is 0.130 e. The van der Waals surface area contributed by atoms with Crippen molar-refractivity contribution >= 4 is 63.7 Å². The van der Waals surface area contributed by atoms with Gasteiger partial charge in [-0.05, 0) is 67.3 Å². The molecule has 0 aromatic heterocycles. The molecule has 0 atom stereocenters. The van der Waals surface area contributed by atoms with Crippen LogP contribution in [0.1, 0.15) is 25.0 Å². The highest BCUT2D eigenvalue weighted by Crippen LogP contribution is 2.49. The van der Waals surface area contributed by atoms with Crippen molar-refractivity contribution in [1.29, 1.82) is 0 Å². The smallest absolute Gasteiger partial charge is 0.130 e. The van der Waals surface area contributed by atoms with E-state index < -0.39 is 5.41 Å². The fourth-order valence-corrected chi connectivity index (χ4v) is 6.22. The molecule has 2 N–H and O–H groups in total. The summed E-state index contributed by atoms with van der Waals surface area (Å²) in [5.41, 5.74) is 1.32. The highest BCUT2D eigenvalue weighted by Gasteiger charge is 2.33. The molecule has 0 heterocycles. The summed E-state index contributed by atoms with van der Waals surface area (Å²) in [6, 6.07) is 6.87. The van der Waals surface area contributed by atoms with Gasteiger partial charge in [0.25, 0.3) is 0 Å². The Kier molecular flexibility index (Phi) is 5.13. The highest BCUT2D eigenvalue weighted by molar-refractivity contribution is 9.11. The molecule has 0 aliphatic rings. The van der Waals surface area contributed by atoms with Gasteiger partial charge in [-0.15, -0.1) is 0 Å². The van der Waals surface area contributed by atoms with Crippen molar-refractivity contribution < 1.29 is 10.2 Å². The maximum absolute atomic E-state index is 9.99. The molecule has 0 saturated heterocycles. The third kappa shape index (κ3) is 3.05. The summed E-state index contributed by atoms with van der Waals surface area (Å²) >= 11 is 14.0. The van der Waals surface area contributed by atoms with Crippen molar-refractivity contribution in [2.24, 2.45) is 0 Å². The Morgan fingerprint density at radius 3 is 1.38 bits per heavy atom. The fourth-order valence-electron chi connectivity index (χ4n) is 2.35. The predicted octanol–water partition coefficient (Wildman–Crippen LogP) is 6.47. The first kappa shape index (κ1) is 17.3. The largest absolute Gasteiger partial charge is 0.507 e. The summed E-state index contributed by atoms with van der Waals surface area (Å²) in [4.78, 5) is 0. The Balaban J connectivity index is 2.80. The van der Waals surface area contributed by atoms with Crippen LogP contribution in [0.3, 0.4) is 0 Å².